The third-order valence-electron chi connectivity index (χ3n) is 2.63. The first-order valence-corrected chi connectivity index (χ1v) is 7.09. The Labute approximate surface area is 138 Å². The molecule has 0 unspecified atom stereocenters. The fourth-order valence-corrected chi connectivity index (χ4v) is 1.75. The fraction of sp³-hybridized carbons (Fsp3) is 0.375. The summed E-state index contributed by atoms with van der Waals surface area (Å²) in [6, 6.07) is 4.40. The van der Waals surface area contributed by atoms with Crippen molar-refractivity contribution in [3.63, 3.8) is 0 Å². The molecule has 0 saturated carbocycles. The average molecular weight is 343 g/mol. The molecule has 1 N–H and O–H groups in total. The van der Waals surface area contributed by atoms with Crippen molar-refractivity contribution in [3.8, 4) is 11.5 Å². The Morgan fingerprint density at radius 3 is 2.58 bits per heavy atom. The number of hydrogen-bond acceptors (Lipinski definition) is 5. The van der Waals surface area contributed by atoms with Crippen molar-refractivity contribution in [2.24, 2.45) is 0 Å². The van der Waals surface area contributed by atoms with E-state index >= 15 is 0 Å². The van der Waals surface area contributed by atoms with Gasteiger partial charge in [-0.05, 0) is 26.0 Å². The van der Waals surface area contributed by atoms with Gasteiger partial charge in [0.2, 0.25) is 0 Å². The summed E-state index contributed by atoms with van der Waals surface area (Å²) in [4.78, 5) is 22.9. The maximum absolute atomic E-state index is 12.5. The number of nitrogens with one attached hydrogen (secondary N) is 1. The molecule has 1 aromatic rings. The molecule has 0 aliphatic heterocycles. The number of para-hydroxylation sites is 1. The van der Waals surface area contributed by atoms with Crippen LogP contribution in [0.25, 0.3) is 6.08 Å². The van der Waals surface area contributed by atoms with E-state index in [4.69, 9.17) is 9.47 Å². The van der Waals surface area contributed by atoms with E-state index in [1.165, 1.54) is 25.3 Å². The van der Waals surface area contributed by atoms with Gasteiger partial charge in [-0.15, -0.1) is 0 Å². The molecule has 0 radical (unpaired) electrons. The molecular formula is C16H19F2NO5. The van der Waals surface area contributed by atoms with E-state index in [0.29, 0.717) is 0 Å². The molecule has 6 nitrogen and oxygen atoms in total. The van der Waals surface area contributed by atoms with Crippen LogP contribution in [-0.2, 0) is 14.3 Å². The van der Waals surface area contributed by atoms with Crippen LogP contribution in [0.2, 0.25) is 0 Å². The van der Waals surface area contributed by atoms with Crippen LogP contribution in [0.3, 0.4) is 0 Å². The summed E-state index contributed by atoms with van der Waals surface area (Å²) in [6.45, 7) is 0.0693. The van der Waals surface area contributed by atoms with Crippen LogP contribution < -0.4 is 14.8 Å². The Balaban J connectivity index is 2.75. The van der Waals surface area contributed by atoms with Crippen LogP contribution in [0.5, 0.6) is 11.5 Å². The van der Waals surface area contributed by atoms with Crippen LogP contribution in [0.1, 0.15) is 19.4 Å². The van der Waals surface area contributed by atoms with Gasteiger partial charge in [0.1, 0.15) is 0 Å². The van der Waals surface area contributed by atoms with Gasteiger partial charge in [-0.25, -0.2) is 4.79 Å². The van der Waals surface area contributed by atoms with Crippen molar-refractivity contribution in [1.29, 1.82) is 0 Å². The predicted molar refractivity (Wildman–Crippen MR) is 82.9 cm³/mol. The predicted octanol–water partition coefficient (Wildman–Crippen LogP) is 2.38. The SMILES string of the molecule is COc1cccc(/C=C/C(=O)OCC(=O)NC(C)C)c1OC(F)F. The van der Waals surface area contributed by atoms with E-state index in [1.54, 1.807) is 19.9 Å². The van der Waals surface area contributed by atoms with Crippen molar-refractivity contribution >= 4 is 18.0 Å². The van der Waals surface area contributed by atoms with Crippen LogP contribution in [0.4, 0.5) is 8.78 Å². The smallest absolute Gasteiger partial charge is 0.387 e. The molecule has 132 valence electrons. The van der Waals surface area contributed by atoms with E-state index in [1.807, 2.05) is 0 Å². The highest BCUT2D eigenvalue weighted by Gasteiger charge is 2.14. The number of carbonyl (C=O) groups is 2. The number of hydrogen-bond donors (Lipinski definition) is 1. The maximum atomic E-state index is 12.5. The Morgan fingerprint density at radius 1 is 1.29 bits per heavy atom. The van der Waals surface area contributed by atoms with Crippen molar-refractivity contribution in [3.05, 3.63) is 29.8 Å². The number of methoxy groups -OCH3 is 1. The minimum atomic E-state index is -3.04. The number of amides is 1. The maximum Gasteiger partial charge on any atom is 0.387 e. The Kier molecular flexibility index (Phi) is 7.67. The molecule has 0 bridgehead atoms. The quantitative estimate of drug-likeness (QED) is 0.579. The Bertz CT molecular complexity index is 602. The molecule has 24 heavy (non-hydrogen) atoms. The third kappa shape index (κ3) is 6.64. The zero-order chi connectivity index (χ0) is 18.1. The minimum Gasteiger partial charge on any atom is -0.493 e. The van der Waals surface area contributed by atoms with Crippen molar-refractivity contribution in [1.82, 2.24) is 5.32 Å². The highest BCUT2D eigenvalue weighted by atomic mass is 19.3. The summed E-state index contributed by atoms with van der Waals surface area (Å²) >= 11 is 0. The van der Waals surface area contributed by atoms with Crippen LogP contribution in [0, 0.1) is 0 Å². The molecule has 0 spiro atoms. The summed E-state index contributed by atoms with van der Waals surface area (Å²) in [5, 5.41) is 2.56. The van der Waals surface area contributed by atoms with Gasteiger partial charge in [0, 0.05) is 17.7 Å². The van der Waals surface area contributed by atoms with Gasteiger partial charge in [0.25, 0.3) is 5.91 Å². The minimum absolute atomic E-state index is 0.0717. The summed E-state index contributed by atoms with van der Waals surface area (Å²) in [5.41, 5.74) is 0.207. The van der Waals surface area contributed by atoms with Gasteiger partial charge in [-0.1, -0.05) is 12.1 Å². The molecule has 1 aromatic carbocycles. The second-order valence-corrected chi connectivity index (χ2v) is 4.92. The van der Waals surface area contributed by atoms with Gasteiger partial charge in [-0.2, -0.15) is 8.78 Å². The van der Waals surface area contributed by atoms with Gasteiger partial charge in [0.15, 0.2) is 18.1 Å². The molecular weight excluding hydrogens is 324 g/mol. The zero-order valence-electron chi connectivity index (χ0n) is 13.5. The molecule has 1 amide bonds. The highest BCUT2D eigenvalue weighted by molar-refractivity contribution is 5.89. The summed E-state index contributed by atoms with van der Waals surface area (Å²) in [7, 11) is 1.31. The monoisotopic (exact) mass is 343 g/mol. The first kappa shape index (κ1) is 19.4. The summed E-state index contributed by atoms with van der Waals surface area (Å²) in [6.07, 6.45) is 2.25. The van der Waals surface area contributed by atoms with Gasteiger partial charge >= 0.3 is 12.6 Å². The number of alkyl halides is 2. The second-order valence-electron chi connectivity index (χ2n) is 4.92. The lowest BCUT2D eigenvalue weighted by Crippen LogP contribution is -2.33. The summed E-state index contributed by atoms with van der Waals surface area (Å²) < 4.78 is 39.1. The number of ether oxygens (including phenoxy) is 3. The second kappa shape index (κ2) is 9.49. The van der Waals surface area contributed by atoms with E-state index in [9.17, 15) is 18.4 Å². The topological polar surface area (TPSA) is 73.9 Å². The number of rotatable bonds is 8. The van der Waals surface area contributed by atoms with Crippen LogP contribution in [0.15, 0.2) is 24.3 Å². The zero-order valence-corrected chi connectivity index (χ0v) is 13.5. The fourth-order valence-electron chi connectivity index (χ4n) is 1.75. The van der Waals surface area contributed by atoms with E-state index in [2.05, 4.69) is 10.1 Å². The molecule has 0 saturated heterocycles. The largest absolute Gasteiger partial charge is 0.493 e. The molecule has 0 aliphatic rings. The lowest BCUT2D eigenvalue weighted by atomic mass is 10.1. The van der Waals surface area contributed by atoms with Crippen LogP contribution in [-0.4, -0.2) is 38.2 Å². The lowest BCUT2D eigenvalue weighted by Gasteiger charge is -2.12. The number of benzene rings is 1. The number of carbonyl (C=O) groups excluding carboxylic acids is 2. The highest BCUT2D eigenvalue weighted by Crippen LogP contribution is 2.33. The first-order valence-electron chi connectivity index (χ1n) is 7.09. The Hall–Kier alpha value is -2.64. The Morgan fingerprint density at radius 2 is 2.00 bits per heavy atom. The van der Waals surface area contributed by atoms with Crippen molar-refractivity contribution < 1.29 is 32.6 Å². The third-order valence-corrected chi connectivity index (χ3v) is 2.63. The van der Waals surface area contributed by atoms with Gasteiger partial charge in [0.05, 0.1) is 7.11 Å². The van der Waals surface area contributed by atoms with Gasteiger partial charge < -0.3 is 19.5 Å². The standard InChI is InChI=1S/C16H19F2NO5/c1-10(2)19-13(20)9-23-14(21)8-7-11-5-4-6-12(22-3)15(11)24-16(17)18/h4-8,10,16H,9H2,1-3H3,(H,19,20)/b8-7+. The van der Waals surface area contributed by atoms with Gasteiger partial charge in [-0.3, -0.25) is 4.79 Å². The van der Waals surface area contributed by atoms with E-state index in [0.717, 1.165) is 6.08 Å². The first-order chi connectivity index (χ1) is 11.3. The van der Waals surface area contributed by atoms with Crippen molar-refractivity contribution in [2.45, 2.75) is 26.5 Å². The van der Waals surface area contributed by atoms with E-state index in [-0.39, 0.29) is 23.1 Å². The van der Waals surface area contributed by atoms with E-state index < -0.39 is 25.1 Å². The van der Waals surface area contributed by atoms with Crippen molar-refractivity contribution in [2.75, 3.05) is 13.7 Å². The summed E-state index contributed by atoms with van der Waals surface area (Å²) in [5.74, 6) is -1.33. The molecule has 0 heterocycles. The lowest BCUT2D eigenvalue weighted by molar-refractivity contribution is -0.143. The molecule has 0 aliphatic carbocycles. The molecule has 0 aromatic heterocycles. The molecule has 1 rings (SSSR count). The number of halogens is 2. The molecule has 0 atom stereocenters. The normalized spacial score (nSPS) is 11.0. The molecule has 8 heteroatoms. The molecule has 0 fully saturated rings. The average Bonchev–Trinajstić information content (AvgIpc) is 2.50. The number of esters is 1. The van der Waals surface area contributed by atoms with Crippen LogP contribution >= 0.6 is 0 Å².